The third-order valence-electron chi connectivity index (χ3n) is 4.93. The summed E-state index contributed by atoms with van der Waals surface area (Å²) in [4.78, 5) is 12.5. The van der Waals surface area contributed by atoms with Crippen molar-refractivity contribution in [3.05, 3.63) is 17.0 Å². The maximum atomic E-state index is 13.0. The van der Waals surface area contributed by atoms with E-state index in [1.54, 1.807) is 25.3 Å². The fraction of sp³-hybridized carbons (Fsp3) is 0.722. The van der Waals surface area contributed by atoms with E-state index in [4.69, 9.17) is 4.74 Å². The highest BCUT2D eigenvalue weighted by Gasteiger charge is 2.31. The zero-order chi connectivity index (χ0) is 18.6. The Kier molecular flexibility index (Phi) is 6.68. The molecular weight excluding hydrogens is 340 g/mol. The van der Waals surface area contributed by atoms with Crippen LogP contribution >= 0.6 is 0 Å². The Bertz CT molecular complexity index is 714. The van der Waals surface area contributed by atoms with Crippen molar-refractivity contribution in [3.8, 4) is 0 Å². The first-order valence-electron chi connectivity index (χ1n) is 9.22. The average molecular weight is 371 g/mol. The Morgan fingerprint density at radius 1 is 1.16 bits per heavy atom. The maximum absolute atomic E-state index is 13.0. The number of nitrogens with one attached hydrogen (secondary N) is 1. The highest BCUT2D eigenvalue weighted by atomic mass is 32.2. The lowest BCUT2D eigenvalue weighted by atomic mass is 10.1. The van der Waals surface area contributed by atoms with Crippen LogP contribution in [0.2, 0.25) is 0 Å². The quantitative estimate of drug-likeness (QED) is 0.616. The first kappa shape index (κ1) is 20.0. The van der Waals surface area contributed by atoms with Crippen LogP contribution in [0.15, 0.2) is 4.90 Å². The second-order valence-electron chi connectivity index (χ2n) is 6.66. The Morgan fingerprint density at radius 3 is 2.28 bits per heavy atom. The van der Waals surface area contributed by atoms with E-state index >= 15 is 0 Å². The molecule has 0 unspecified atom stereocenters. The molecule has 1 saturated carbocycles. The summed E-state index contributed by atoms with van der Waals surface area (Å²) in [5, 5.41) is 0. The normalized spacial score (nSPS) is 16.6. The summed E-state index contributed by atoms with van der Waals surface area (Å²) < 4.78 is 35.8. The molecule has 25 heavy (non-hydrogen) atoms. The zero-order valence-corrected chi connectivity index (χ0v) is 16.5. The fourth-order valence-electron chi connectivity index (χ4n) is 3.80. The Labute approximate surface area is 151 Å². The van der Waals surface area contributed by atoms with Gasteiger partial charge in [0.25, 0.3) is 0 Å². The number of carbonyl (C=O) groups excluding carboxylic acids is 1. The SMILES string of the molecule is CCOC(=O)c1c(C)c(S(=O)(=O)NC2CCCCCC2)c(C)n1CC. The fourth-order valence-corrected chi connectivity index (χ4v) is 5.59. The molecule has 1 aliphatic carbocycles. The third kappa shape index (κ3) is 4.26. The molecule has 142 valence electrons. The summed E-state index contributed by atoms with van der Waals surface area (Å²) >= 11 is 0. The molecule has 0 bridgehead atoms. The number of esters is 1. The van der Waals surface area contributed by atoms with Crippen LogP contribution in [-0.2, 0) is 21.3 Å². The van der Waals surface area contributed by atoms with Crippen molar-refractivity contribution in [3.63, 3.8) is 0 Å². The van der Waals surface area contributed by atoms with Crippen molar-refractivity contribution < 1.29 is 17.9 Å². The second-order valence-corrected chi connectivity index (χ2v) is 8.31. The number of rotatable bonds is 6. The molecule has 6 nitrogen and oxygen atoms in total. The predicted octanol–water partition coefficient (Wildman–Crippen LogP) is 3.30. The van der Waals surface area contributed by atoms with E-state index in [0.29, 0.717) is 23.5 Å². The van der Waals surface area contributed by atoms with E-state index in [9.17, 15) is 13.2 Å². The van der Waals surface area contributed by atoms with Crippen LogP contribution in [0.1, 0.15) is 74.1 Å². The van der Waals surface area contributed by atoms with Crippen molar-refractivity contribution in [1.82, 2.24) is 9.29 Å². The predicted molar refractivity (Wildman–Crippen MR) is 97.3 cm³/mol. The minimum absolute atomic E-state index is 0.0256. The number of sulfonamides is 1. The first-order valence-corrected chi connectivity index (χ1v) is 10.7. The van der Waals surface area contributed by atoms with Crippen molar-refractivity contribution in [1.29, 1.82) is 0 Å². The largest absolute Gasteiger partial charge is 0.461 e. The van der Waals surface area contributed by atoms with E-state index in [1.165, 1.54) is 0 Å². The molecule has 1 fully saturated rings. The summed E-state index contributed by atoms with van der Waals surface area (Å²) in [7, 11) is -3.68. The van der Waals surface area contributed by atoms with Gasteiger partial charge in [0.1, 0.15) is 10.6 Å². The zero-order valence-electron chi connectivity index (χ0n) is 15.7. The summed E-state index contributed by atoms with van der Waals surface area (Å²) in [6, 6.07) is -0.0256. The van der Waals surface area contributed by atoms with Crippen LogP contribution < -0.4 is 4.72 Å². The third-order valence-corrected chi connectivity index (χ3v) is 6.71. The van der Waals surface area contributed by atoms with Crippen molar-refractivity contribution >= 4 is 16.0 Å². The van der Waals surface area contributed by atoms with Gasteiger partial charge in [-0.1, -0.05) is 25.7 Å². The monoisotopic (exact) mass is 370 g/mol. The van der Waals surface area contributed by atoms with Gasteiger partial charge in [-0.25, -0.2) is 17.9 Å². The van der Waals surface area contributed by atoms with Crippen LogP contribution in [-0.4, -0.2) is 31.6 Å². The lowest BCUT2D eigenvalue weighted by molar-refractivity contribution is 0.0512. The van der Waals surface area contributed by atoms with Crippen LogP contribution in [0.4, 0.5) is 0 Å². The molecule has 1 aromatic heterocycles. The molecule has 1 N–H and O–H groups in total. The topological polar surface area (TPSA) is 77.4 Å². The number of hydrogen-bond acceptors (Lipinski definition) is 4. The average Bonchev–Trinajstić information content (AvgIpc) is 2.69. The lowest BCUT2D eigenvalue weighted by Gasteiger charge is -2.17. The van der Waals surface area contributed by atoms with Gasteiger partial charge >= 0.3 is 5.97 Å². The molecule has 7 heteroatoms. The first-order chi connectivity index (χ1) is 11.8. The van der Waals surface area contributed by atoms with Crippen molar-refractivity contribution in [2.24, 2.45) is 0 Å². The van der Waals surface area contributed by atoms with Gasteiger partial charge < -0.3 is 9.30 Å². The minimum Gasteiger partial charge on any atom is -0.461 e. The van der Waals surface area contributed by atoms with E-state index in [0.717, 1.165) is 38.5 Å². The number of carbonyl (C=O) groups is 1. The van der Waals surface area contributed by atoms with Gasteiger partial charge in [-0.15, -0.1) is 0 Å². The molecule has 0 saturated heterocycles. The van der Waals surface area contributed by atoms with E-state index in [2.05, 4.69) is 4.72 Å². The Morgan fingerprint density at radius 2 is 1.76 bits per heavy atom. The highest BCUT2D eigenvalue weighted by Crippen LogP contribution is 2.28. The van der Waals surface area contributed by atoms with Crippen LogP contribution in [0.3, 0.4) is 0 Å². The summed E-state index contributed by atoms with van der Waals surface area (Å²) in [6.07, 6.45) is 6.17. The number of ether oxygens (including phenoxy) is 1. The van der Waals surface area contributed by atoms with E-state index in [1.807, 2.05) is 6.92 Å². The van der Waals surface area contributed by atoms with Crippen LogP contribution in [0.25, 0.3) is 0 Å². The van der Waals surface area contributed by atoms with Crippen molar-refractivity contribution in [2.75, 3.05) is 6.61 Å². The van der Waals surface area contributed by atoms with E-state index < -0.39 is 16.0 Å². The molecule has 0 amide bonds. The molecule has 1 aliphatic rings. The minimum atomic E-state index is -3.68. The van der Waals surface area contributed by atoms with Gasteiger partial charge in [0.2, 0.25) is 10.0 Å². The highest BCUT2D eigenvalue weighted by molar-refractivity contribution is 7.89. The molecule has 2 rings (SSSR count). The number of aromatic nitrogens is 1. The molecule has 1 aromatic rings. The van der Waals surface area contributed by atoms with Gasteiger partial charge in [-0.2, -0.15) is 0 Å². The molecule has 0 atom stereocenters. The van der Waals surface area contributed by atoms with E-state index in [-0.39, 0.29) is 17.5 Å². The standard InChI is InChI=1S/C18H30N2O4S/c1-5-20-14(4)17(13(3)16(20)18(21)24-6-2)25(22,23)19-15-11-9-7-8-10-12-15/h15,19H,5-12H2,1-4H3. The van der Waals surface area contributed by atoms with Gasteiger partial charge in [0, 0.05) is 23.8 Å². The van der Waals surface area contributed by atoms with Crippen LogP contribution in [0, 0.1) is 13.8 Å². The summed E-state index contributed by atoms with van der Waals surface area (Å²) in [5.74, 6) is -0.471. The number of nitrogens with zero attached hydrogens (tertiary/aromatic N) is 1. The van der Waals surface area contributed by atoms with Crippen LogP contribution in [0.5, 0.6) is 0 Å². The van der Waals surface area contributed by atoms with Gasteiger partial charge in [-0.05, 0) is 40.5 Å². The smallest absolute Gasteiger partial charge is 0.355 e. The molecule has 1 heterocycles. The number of hydrogen-bond donors (Lipinski definition) is 1. The van der Waals surface area contributed by atoms with Gasteiger partial charge in [0.05, 0.1) is 6.61 Å². The summed E-state index contributed by atoms with van der Waals surface area (Å²) in [5.41, 5.74) is 1.39. The molecule has 0 radical (unpaired) electrons. The maximum Gasteiger partial charge on any atom is 0.355 e. The Balaban J connectivity index is 2.41. The molecule has 0 aromatic carbocycles. The molecule has 0 spiro atoms. The van der Waals surface area contributed by atoms with Gasteiger partial charge in [0.15, 0.2) is 0 Å². The van der Waals surface area contributed by atoms with Crippen molar-refractivity contribution in [2.45, 2.75) is 83.7 Å². The second kappa shape index (κ2) is 8.36. The lowest BCUT2D eigenvalue weighted by Crippen LogP contribution is -2.35. The van der Waals surface area contributed by atoms with Gasteiger partial charge in [-0.3, -0.25) is 0 Å². The molecule has 0 aliphatic heterocycles. The molecular formula is C18H30N2O4S. The Hall–Kier alpha value is -1.34. The summed E-state index contributed by atoms with van der Waals surface area (Å²) in [6.45, 7) is 7.84.